The smallest absolute Gasteiger partial charge is 0.230 e. The van der Waals surface area contributed by atoms with Crippen molar-refractivity contribution >= 4 is 17.7 Å². The average molecular weight is 370 g/mol. The molecule has 0 saturated carbocycles. The fourth-order valence-electron chi connectivity index (χ4n) is 3.08. The van der Waals surface area contributed by atoms with Crippen LogP contribution < -0.4 is 5.32 Å². The summed E-state index contributed by atoms with van der Waals surface area (Å²) in [5.74, 6) is 2.77. The second-order valence-corrected chi connectivity index (χ2v) is 8.02. The van der Waals surface area contributed by atoms with Gasteiger partial charge in [0.05, 0.1) is 24.7 Å². The highest BCUT2D eigenvalue weighted by molar-refractivity contribution is 7.99. The summed E-state index contributed by atoms with van der Waals surface area (Å²) < 4.78 is 10.6. The molecule has 142 valence electrons. The quantitative estimate of drug-likeness (QED) is 0.721. The number of amides is 1. The van der Waals surface area contributed by atoms with E-state index in [9.17, 15) is 4.79 Å². The number of aromatic nitrogens is 1. The van der Waals surface area contributed by atoms with Gasteiger partial charge < -0.3 is 14.6 Å². The number of thioether (sulfide) groups is 1. The van der Waals surface area contributed by atoms with Gasteiger partial charge in [-0.25, -0.2) is 0 Å². The minimum atomic E-state index is 0.0961. The van der Waals surface area contributed by atoms with Crippen molar-refractivity contribution in [3.8, 4) is 0 Å². The Morgan fingerprint density at radius 1 is 1.32 bits per heavy atom. The Morgan fingerprint density at radius 2 is 2.04 bits per heavy atom. The molecule has 1 aromatic heterocycles. The molecule has 2 heterocycles. The Labute approximate surface area is 155 Å². The van der Waals surface area contributed by atoms with Gasteiger partial charge in [0, 0.05) is 37.0 Å². The van der Waals surface area contributed by atoms with Crippen LogP contribution >= 0.6 is 11.8 Å². The highest BCUT2D eigenvalue weighted by Crippen LogP contribution is 2.19. The molecule has 1 aliphatic heterocycles. The number of morpholine rings is 1. The van der Waals surface area contributed by atoms with Crippen LogP contribution in [0.4, 0.5) is 0 Å². The van der Waals surface area contributed by atoms with Crippen molar-refractivity contribution in [2.75, 3.05) is 38.6 Å². The first-order valence-corrected chi connectivity index (χ1v) is 10.2. The zero-order valence-corrected chi connectivity index (χ0v) is 16.7. The monoisotopic (exact) mass is 369 g/mol. The second-order valence-electron chi connectivity index (χ2n) is 7.03. The fraction of sp³-hybridized carbons (Fsp3) is 0.778. The van der Waals surface area contributed by atoms with E-state index >= 15 is 0 Å². The SMILES string of the molecule is Cc1noc(C)c1CSCC(=O)NCC(CC(C)C)N1CCOCC1. The van der Waals surface area contributed by atoms with E-state index in [1.165, 1.54) is 0 Å². The highest BCUT2D eigenvalue weighted by atomic mass is 32.2. The van der Waals surface area contributed by atoms with Gasteiger partial charge in [-0.1, -0.05) is 19.0 Å². The average Bonchev–Trinajstić information content (AvgIpc) is 2.91. The van der Waals surface area contributed by atoms with Crippen molar-refractivity contribution in [1.82, 2.24) is 15.4 Å². The molecular weight excluding hydrogens is 338 g/mol. The molecule has 2 rings (SSSR count). The molecule has 0 aromatic carbocycles. The number of aryl methyl sites for hydroxylation is 2. The van der Waals surface area contributed by atoms with Gasteiger partial charge in [-0.15, -0.1) is 11.8 Å². The van der Waals surface area contributed by atoms with E-state index in [2.05, 4.69) is 29.2 Å². The van der Waals surface area contributed by atoms with Gasteiger partial charge in [-0.3, -0.25) is 9.69 Å². The first-order valence-electron chi connectivity index (χ1n) is 9.05. The van der Waals surface area contributed by atoms with Crippen molar-refractivity contribution in [1.29, 1.82) is 0 Å². The fourth-order valence-corrected chi connectivity index (χ4v) is 4.09. The first kappa shape index (κ1) is 20.3. The molecule has 6 nitrogen and oxygen atoms in total. The lowest BCUT2D eigenvalue weighted by molar-refractivity contribution is -0.118. The molecule has 1 unspecified atom stereocenters. The van der Waals surface area contributed by atoms with Gasteiger partial charge in [0.25, 0.3) is 0 Å². The molecule has 0 spiro atoms. The number of nitrogens with zero attached hydrogens (tertiary/aromatic N) is 2. The van der Waals surface area contributed by atoms with Crippen molar-refractivity contribution in [3.63, 3.8) is 0 Å². The van der Waals surface area contributed by atoms with E-state index < -0.39 is 0 Å². The number of hydrogen-bond donors (Lipinski definition) is 1. The molecule has 1 aromatic rings. The Kier molecular flexibility index (Phi) is 8.26. The normalized spacial score (nSPS) is 17.0. The number of ether oxygens (including phenoxy) is 1. The maximum Gasteiger partial charge on any atom is 0.230 e. The van der Waals surface area contributed by atoms with Crippen LogP contribution in [0.5, 0.6) is 0 Å². The number of nitrogens with one attached hydrogen (secondary N) is 1. The molecule has 25 heavy (non-hydrogen) atoms. The first-order chi connectivity index (χ1) is 12.0. The topological polar surface area (TPSA) is 67.6 Å². The second kappa shape index (κ2) is 10.2. The summed E-state index contributed by atoms with van der Waals surface area (Å²) in [5.41, 5.74) is 2.01. The summed E-state index contributed by atoms with van der Waals surface area (Å²) in [6, 6.07) is 0.389. The van der Waals surface area contributed by atoms with Gasteiger partial charge in [-0.2, -0.15) is 0 Å². The minimum absolute atomic E-state index is 0.0961. The molecule has 0 bridgehead atoms. The number of hydrogen-bond acceptors (Lipinski definition) is 6. The summed E-state index contributed by atoms with van der Waals surface area (Å²) in [4.78, 5) is 14.6. The van der Waals surface area contributed by atoms with Crippen LogP contribution in [0.2, 0.25) is 0 Å². The van der Waals surface area contributed by atoms with E-state index in [0.29, 0.717) is 24.3 Å². The number of rotatable bonds is 9. The van der Waals surface area contributed by atoms with Crippen LogP contribution in [0.15, 0.2) is 4.52 Å². The highest BCUT2D eigenvalue weighted by Gasteiger charge is 2.22. The van der Waals surface area contributed by atoms with E-state index in [4.69, 9.17) is 9.26 Å². The van der Waals surface area contributed by atoms with Crippen LogP contribution in [-0.2, 0) is 15.3 Å². The zero-order valence-electron chi connectivity index (χ0n) is 15.8. The lowest BCUT2D eigenvalue weighted by Gasteiger charge is -2.35. The summed E-state index contributed by atoms with van der Waals surface area (Å²) in [7, 11) is 0. The van der Waals surface area contributed by atoms with E-state index in [1.54, 1.807) is 11.8 Å². The van der Waals surface area contributed by atoms with Crippen LogP contribution in [0, 0.1) is 19.8 Å². The summed E-state index contributed by atoms with van der Waals surface area (Å²) in [6.07, 6.45) is 1.09. The molecule has 7 heteroatoms. The van der Waals surface area contributed by atoms with Crippen molar-refractivity contribution in [2.24, 2.45) is 5.92 Å². The summed E-state index contributed by atoms with van der Waals surface area (Å²) in [5, 5.41) is 7.06. The van der Waals surface area contributed by atoms with Crippen molar-refractivity contribution < 1.29 is 14.1 Å². The van der Waals surface area contributed by atoms with Crippen molar-refractivity contribution in [2.45, 2.75) is 45.9 Å². The Hall–Kier alpha value is -1.05. The Bertz CT molecular complexity index is 522. The van der Waals surface area contributed by atoms with Crippen LogP contribution in [0.3, 0.4) is 0 Å². The standard InChI is InChI=1S/C18H31N3O3S/c1-13(2)9-16(21-5-7-23-8-6-21)10-19-18(22)12-25-11-17-14(3)20-24-15(17)4/h13,16H,5-12H2,1-4H3,(H,19,22). The van der Waals surface area contributed by atoms with Gasteiger partial charge >= 0.3 is 0 Å². The molecule has 1 amide bonds. The predicted octanol–water partition coefficient (Wildman–Crippen LogP) is 2.39. The van der Waals surface area contributed by atoms with Gasteiger partial charge in [0.2, 0.25) is 5.91 Å². The predicted molar refractivity (Wildman–Crippen MR) is 101 cm³/mol. The molecular formula is C18H31N3O3S. The molecule has 0 radical (unpaired) electrons. The maximum atomic E-state index is 12.2. The van der Waals surface area contributed by atoms with E-state index in [-0.39, 0.29) is 5.91 Å². The molecule has 1 saturated heterocycles. The minimum Gasteiger partial charge on any atom is -0.379 e. The third kappa shape index (κ3) is 6.64. The van der Waals surface area contributed by atoms with Gasteiger partial charge in [0.15, 0.2) is 0 Å². The lowest BCUT2D eigenvalue weighted by Crippen LogP contribution is -2.49. The number of carbonyl (C=O) groups is 1. The van der Waals surface area contributed by atoms with Crippen molar-refractivity contribution in [3.05, 3.63) is 17.0 Å². The Morgan fingerprint density at radius 3 is 2.64 bits per heavy atom. The van der Waals surface area contributed by atoms with Gasteiger partial charge in [-0.05, 0) is 26.2 Å². The van der Waals surface area contributed by atoms with Crippen LogP contribution in [0.25, 0.3) is 0 Å². The molecule has 0 aliphatic carbocycles. The summed E-state index contributed by atoms with van der Waals surface area (Å²) in [6.45, 7) is 12.5. The summed E-state index contributed by atoms with van der Waals surface area (Å²) >= 11 is 1.60. The zero-order chi connectivity index (χ0) is 18.2. The van der Waals surface area contributed by atoms with E-state index in [1.807, 2.05) is 13.8 Å². The lowest BCUT2D eigenvalue weighted by atomic mass is 10.0. The molecule has 1 fully saturated rings. The van der Waals surface area contributed by atoms with Crippen LogP contribution in [0.1, 0.15) is 37.3 Å². The number of carbonyl (C=O) groups excluding carboxylic acids is 1. The molecule has 1 N–H and O–H groups in total. The third-order valence-corrected chi connectivity index (χ3v) is 5.46. The molecule has 1 atom stereocenters. The Balaban J connectivity index is 1.74. The third-order valence-electron chi connectivity index (χ3n) is 4.50. The maximum absolute atomic E-state index is 12.2. The van der Waals surface area contributed by atoms with Gasteiger partial charge in [0.1, 0.15) is 5.76 Å². The van der Waals surface area contributed by atoms with E-state index in [0.717, 1.165) is 55.5 Å². The van der Waals surface area contributed by atoms with Crippen LogP contribution in [-0.4, -0.2) is 60.6 Å². The largest absolute Gasteiger partial charge is 0.379 e. The molecule has 1 aliphatic rings.